The molecule has 102 valence electrons. The van der Waals surface area contributed by atoms with Crippen LogP contribution in [0.5, 0.6) is 0 Å². The fourth-order valence-corrected chi connectivity index (χ4v) is 8.24. The van der Waals surface area contributed by atoms with E-state index in [1.165, 1.54) is 6.42 Å². The van der Waals surface area contributed by atoms with Gasteiger partial charge in [0.2, 0.25) is 8.40 Å². The SMILES string of the molecule is C=C[Si](C(C)CC)(N(CC)CC)N(CC)CC. The summed E-state index contributed by atoms with van der Waals surface area (Å²) >= 11 is 0. The van der Waals surface area contributed by atoms with Gasteiger partial charge in [0.1, 0.15) is 0 Å². The Morgan fingerprint density at radius 3 is 1.47 bits per heavy atom. The fourth-order valence-electron chi connectivity index (χ4n) is 3.04. The summed E-state index contributed by atoms with van der Waals surface area (Å²) in [7, 11) is -1.70. The second kappa shape index (κ2) is 8.06. The molecule has 0 N–H and O–H groups in total. The first-order chi connectivity index (χ1) is 8.08. The molecule has 0 saturated carbocycles. The Balaban J connectivity index is 5.48. The van der Waals surface area contributed by atoms with Crippen molar-refractivity contribution < 1.29 is 0 Å². The van der Waals surface area contributed by atoms with Gasteiger partial charge in [-0.2, -0.15) is 0 Å². The Hall–Kier alpha value is -0.123. The van der Waals surface area contributed by atoms with Gasteiger partial charge in [0, 0.05) is 0 Å². The van der Waals surface area contributed by atoms with Gasteiger partial charge < -0.3 is 9.13 Å². The van der Waals surface area contributed by atoms with Crippen molar-refractivity contribution in [3.63, 3.8) is 0 Å². The number of hydrogen-bond donors (Lipinski definition) is 0. The summed E-state index contributed by atoms with van der Waals surface area (Å²) in [6, 6.07) is 0. The molecule has 0 radical (unpaired) electrons. The molecule has 1 atom stereocenters. The Bertz CT molecular complexity index is 198. The van der Waals surface area contributed by atoms with Crippen LogP contribution in [-0.2, 0) is 0 Å². The van der Waals surface area contributed by atoms with Crippen molar-refractivity contribution in [2.45, 2.75) is 53.5 Å². The molecule has 0 aromatic heterocycles. The maximum Gasteiger partial charge on any atom is 0.234 e. The van der Waals surface area contributed by atoms with Crippen molar-refractivity contribution in [3.05, 3.63) is 12.3 Å². The monoisotopic (exact) mass is 256 g/mol. The van der Waals surface area contributed by atoms with E-state index >= 15 is 0 Å². The van der Waals surface area contributed by atoms with E-state index in [0.29, 0.717) is 0 Å². The summed E-state index contributed by atoms with van der Waals surface area (Å²) in [5.74, 6) is 0. The molecule has 0 bridgehead atoms. The Morgan fingerprint density at radius 1 is 0.941 bits per heavy atom. The normalized spacial score (nSPS) is 14.4. The molecule has 0 aliphatic rings. The van der Waals surface area contributed by atoms with Gasteiger partial charge >= 0.3 is 0 Å². The van der Waals surface area contributed by atoms with Gasteiger partial charge in [-0.3, -0.25) is 0 Å². The lowest BCUT2D eigenvalue weighted by molar-refractivity contribution is 0.347. The van der Waals surface area contributed by atoms with Crippen molar-refractivity contribution >= 4 is 8.40 Å². The van der Waals surface area contributed by atoms with Gasteiger partial charge in [-0.1, -0.05) is 53.7 Å². The Morgan fingerprint density at radius 2 is 1.29 bits per heavy atom. The predicted molar refractivity (Wildman–Crippen MR) is 81.5 cm³/mol. The quantitative estimate of drug-likeness (QED) is 0.581. The minimum atomic E-state index is -1.70. The standard InChI is InChI=1S/C14H32N2Si/c1-8-14(7)17(13-6,15(9-2)10-3)16(11-4)12-5/h13-14H,6,8-12H2,1-5,7H3. The third kappa shape index (κ3) is 3.21. The third-order valence-corrected chi connectivity index (χ3v) is 9.93. The smallest absolute Gasteiger partial charge is 0.234 e. The second-order valence-electron chi connectivity index (χ2n) is 4.64. The zero-order valence-electron chi connectivity index (χ0n) is 12.8. The highest BCUT2D eigenvalue weighted by molar-refractivity contribution is 6.80. The van der Waals surface area contributed by atoms with E-state index < -0.39 is 8.40 Å². The van der Waals surface area contributed by atoms with Crippen LogP contribution in [0, 0.1) is 0 Å². The molecule has 1 unspecified atom stereocenters. The lowest BCUT2D eigenvalue weighted by Gasteiger charge is -2.49. The van der Waals surface area contributed by atoms with E-state index in [0.717, 1.165) is 31.7 Å². The van der Waals surface area contributed by atoms with Gasteiger partial charge in [0.25, 0.3) is 0 Å². The van der Waals surface area contributed by atoms with Crippen molar-refractivity contribution in [1.29, 1.82) is 0 Å². The molecule has 0 heterocycles. The number of nitrogens with zero attached hydrogens (tertiary/aromatic N) is 2. The van der Waals surface area contributed by atoms with Crippen LogP contribution in [0.25, 0.3) is 0 Å². The van der Waals surface area contributed by atoms with Gasteiger partial charge in [-0.15, -0.1) is 6.58 Å². The molecule has 2 nitrogen and oxygen atoms in total. The summed E-state index contributed by atoms with van der Waals surface area (Å²) < 4.78 is 5.36. The number of rotatable bonds is 9. The van der Waals surface area contributed by atoms with Crippen molar-refractivity contribution in [1.82, 2.24) is 9.13 Å². The molecular formula is C14H32N2Si. The van der Waals surface area contributed by atoms with Gasteiger partial charge in [-0.25, -0.2) is 0 Å². The van der Waals surface area contributed by atoms with Crippen molar-refractivity contribution in [2.75, 3.05) is 26.2 Å². The summed E-state index contributed by atoms with van der Waals surface area (Å²) in [6.45, 7) is 22.6. The van der Waals surface area contributed by atoms with Crippen molar-refractivity contribution in [3.8, 4) is 0 Å². The van der Waals surface area contributed by atoms with E-state index in [1.54, 1.807) is 0 Å². The molecule has 0 spiro atoms. The van der Waals surface area contributed by atoms with E-state index in [9.17, 15) is 0 Å². The van der Waals surface area contributed by atoms with E-state index in [2.05, 4.69) is 63.0 Å². The van der Waals surface area contributed by atoms with Crippen LogP contribution in [0.15, 0.2) is 12.3 Å². The molecule has 3 heteroatoms. The number of hydrogen-bond acceptors (Lipinski definition) is 2. The first-order valence-corrected chi connectivity index (χ1v) is 9.27. The Labute approximate surface area is 110 Å². The molecule has 0 amide bonds. The highest BCUT2D eigenvalue weighted by atomic mass is 28.3. The molecule has 0 aromatic carbocycles. The van der Waals surface area contributed by atoms with Crippen LogP contribution in [0.4, 0.5) is 0 Å². The molecule has 0 aromatic rings. The molecule has 0 aliphatic carbocycles. The molecule has 0 fully saturated rings. The van der Waals surface area contributed by atoms with Crippen LogP contribution in [-0.4, -0.2) is 43.7 Å². The van der Waals surface area contributed by atoms with Gasteiger partial charge in [-0.05, 0) is 31.7 Å². The molecule has 0 rings (SSSR count). The minimum Gasteiger partial charge on any atom is -0.309 e. The first kappa shape index (κ1) is 16.9. The lowest BCUT2D eigenvalue weighted by atomic mass is 10.4. The summed E-state index contributed by atoms with van der Waals surface area (Å²) in [4.78, 5) is 0. The summed E-state index contributed by atoms with van der Waals surface area (Å²) in [6.07, 6.45) is 1.24. The topological polar surface area (TPSA) is 6.48 Å². The second-order valence-corrected chi connectivity index (χ2v) is 8.87. The van der Waals surface area contributed by atoms with E-state index in [-0.39, 0.29) is 0 Å². The minimum absolute atomic E-state index is 0.736. The van der Waals surface area contributed by atoms with E-state index in [4.69, 9.17) is 0 Å². The van der Waals surface area contributed by atoms with Gasteiger partial charge in [0.05, 0.1) is 0 Å². The average molecular weight is 257 g/mol. The first-order valence-electron chi connectivity index (χ1n) is 7.22. The van der Waals surface area contributed by atoms with Crippen LogP contribution in [0.2, 0.25) is 5.54 Å². The zero-order chi connectivity index (χ0) is 13.5. The lowest BCUT2D eigenvalue weighted by Crippen LogP contribution is -2.66. The molecule has 17 heavy (non-hydrogen) atoms. The largest absolute Gasteiger partial charge is 0.309 e. The third-order valence-electron chi connectivity index (χ3n) is 4.18. The summed E-state index contributed by atoms with van der Waals surface area (Å²) in [5.41, 5.74) is 3.04. The highest BCUT2D eigenvalue weighted by Crippen LogP contribution is 2.32. The molecule has 0 aliphatic heterocycles. The fraction of sp³-hybridized carbons (Fsp3) is 0.857. The molecule has 0 saturated heterocycles. The summed E-state index contributed by atoms with van der Waals surface area (Å²) in [5, 5.41) is 0. The average Bonchev–Trinajstić information content (AvgIpc) is 2.38. The maximum absolute atomic E-state index is 4.21. The van der Waals surface area contributed by atoms with Crippen molar-refractivity contribution in [2.24, 2.45) is 0 Å². The van der Waals surface area contributed by atoms with E-state index in [1.807, 2.05) is 0 Å². The highest BCUT2D eigenvalue weighted by Gasteiger charge is 2.44. The van der Waals surface area contributed by atoms with Crippen LogP contribution < -0.4 is 0 Å². The van der Waals surface area contributed by atoms with Crippen LogP contribution >= 0.6 is 0 Å². The predicted octanol–water partition coefficient (Wildman–Crippen LogP) is 3.64. The van der Waals surface area contributed by atoms with Gasteiger partial charge in [0.15, 0.2) is 0 Å². The van der Waals surface area contributed by atoms with Crippen LogP contribution in [0.1, 0.15) is 48.0 Å². The zero-order valence-corrected chi connectivity index (χ0v) is 13.8. The van der Waals surface area contributed by atoms with Crippen LogP contribution in [0.3, 0.4) is 0 Å². The maximum atomic E-state index is 4.21. The molecular weight excluding hydrogens is 224 g/mol. The Kier molecular flexibility index (Phi) is 8.00.